The molecule has 0 fully saturated rings. The van der Waals surface area contributed by atoms with Crippen LogP contribution < -0.4 is 5.32 Å². The van der Waals surface area contributed by atoms with Gasteiger partial charge in [-0.15, -0.1) is 0 Å². The zero-order chi connectivity index (χ0) is 33.9. The van der Waals surface area contributed by atoms with Gasteiger partial charge in [0, 0.05) is 33.2 Å². The fraction of sp³-hybridized carbons (Fsp3) is 0.0400. The molecule has 242 valence electrons. The molecule has 10 aromatic carbocycles. The molecule has 0 spiro atoms. The standard InChI is InChI=1S/C50H32N2/c1-7-15-47-29(9-1)17-18-32-25-42-35-12-4-2-10-33(35)38-22-20-31(24-41(38)45(42)27-49(32)51-47)30-19-21-37-34-11-3-5-13-36(34)44-28-50-46(26-43(44)40(37)23-30)39-14-6-8-16-48(39)52-50/h1-16,19-28,51-52H,17-18H2. The van der Waals surface area contributed by atoms with Crippen LogP contribution in [0.25, 0.3) is 97.6 Å². The largest absolute Gasteiger partial charge is 0.355 e. The smallest absolute Gasteiger partial charge is 0.0471 e. The molecule has 0 saturated carbocycles. The second kappa shape index (κ2) is 10.4. The van der Waals surface area contributed by atoms with E-state index in [-0.39, 0.29) is 0 Å². The molecule has 1 aromatic heterocycles. The SMILES string of the molecule is c1ccc2c(c1)CCc1cc3c4ccccc4c4ccc(-c5ccc6c7ccccc7c7cc8[nH]c9ccccc9c8cc7c6c5)cc4c3cc1N2. The van der Waals surface area contributed by atoms with Crippen molar-refractivity contribution in [3.05, 3.63) is 169 Å². The third kappa shape index (κ3) is 3.95. The van der Waals surface area contributed by atoms with Gasteiger partial charge in [0.05, 0.1) is 0 Å². The van der Waals surface area contributed by atoms with Gasteiger partial charge in [0.2, 0.25) is 0 Å². The molecular weight excluding hydrogens is 629 g/mol. The van der Waals surface area contributed by atoms with E-state index in [0.717, 1.165) is 12.8 Å². The summed E-state index contributed by atoms with van der Waals surface area (Å²) in [4.78, 5) is 3.69. The summed E-state index contributed by atoms with van der Waals surface area (Å²) in [5.41, 5.74) is 10.00. The monoisotopic (exact) mass is 660 g/mol. The molecule has 2 N–H and O–H groups in total. The fourth-order valence-electron chi connectivity index (χ4n) is 9.30. The molecule has 0 amide bonds. The van der Waals surface area contributed by atoms with Gasteiger partial charge in [-0.1, -0.05) is 109 Å². The zero-order valence-electron chi connectivity index (χ0n) is 28.4. The van der Waals surface area contributed by atoms with Crippen LogP contribution in [0.2, 0.25) is 0 Å². The van der Waals surface area contributed by atoms with E-state index >= 15 is 0 Å². The van der Waals surface area contributed by atoms with E-state index in [2.05, 4.69) is 168 Å². The highest BCUT2D eigenvalue weighted by atomic mass is 14.9. The first-order chi connectivity index (χ1) is 25.7. The summed E-state index contributed by atoms with van der Waals surface area (Å²) in [6.45, 7) is 0. The Morgan fingerprint density at radius 1 is 0.288 bits per heavy atom. The van der Waals surface area contributed by atoms with E-state index in [1.807, 2.05) is 0 Å². The minimum absolute atomic E-state index is 1.02. The van der Waals surface area contributed by atoms with E-state index in [1.54, 1.807) is 0 Å². The van der Waals surface area contributed by atoms with Crippen molar-refractivity contribution in [1.82, 2.24) is 4.98 Å². The highest BCUT2D eigenvalue weighted by molar-refractivity contribution is 6.30. The van der Waals surface area contributed by atoms with Gasteiger partial charge in [-0.2, -0.15) is 0 Å². The summed E-state index contributed by atoms with van der Waals surface area (Å²) in [5, 5.41) is 21.9. The zero-order valence-corrected chi connectivity index (χ0v) is 28.4. The van der Waals surface area contributed by atoms with E-state index in [9.17, 15) is 0 Å². The maximum Gasteiger partial charge on any atom is 0.0471 e. The lowest BCUT2D eigenvalue weighted by Crippen LogP contribution is -1.95. The van der Waals surface area contributed by atoms with Crippen molar-refractivity contribution in [3.63, 3.8) is 0 Å². The number of H-pyrrole nitrogens is 1. The van der Waals surface area contributed by atoms with Gasteiger partial charge in [0.1, 0.15) is 0 Å². The third-order valence-electron chi connectivity index (χ3n) is 11.8. The molecule has 12 rings (SSSR count). The maximum absolute atomic E-state index is 3.83. The summed E-state index contributed by atoms with van der Waals surface area (Å²) in [7, 11) is 0. The van der Waals surface area contributed by atoms with E-state index in [4.69, 9.17) is 0 Å². The van der Waals surface area contributed by atoms with Gasteiger partial charge in [0.25, 0.3) is 0 Å². The van der Waals surface area contributed by atoms with Crippen LogP contribution in [0.3, 0.4) is 0 Å². The lowest BCUT2D eigenvalue weighted by molar-refractivity contribution is 0.979. The number of para-hydroxylation sites is 2. The summed E-state index contributed by atoms with van der Waals surface area (Å²) in [6, 6.07) is 59.0. The second-order valence-electron chi connectivity index (χ2n) is 14.6. The number of hydrogen-bond donors (Lipinski definition) is 2. The first-order valence-electron chi connectivity index (χ1n) is 18.3. The molecule has 2 heterocycles. The van der Waals surface area contributed by atoms with Crippen molar-refractivity contribution in [2.75, 3.05) is 5.32 Å². The van der Waals surface area contributed by atoms with Crippen molar-refractivity contribution >= 4 is 97.8 Å². The number of rotatable bonds is 1. The van der Waals surface area contributed by atoms with Crippen LogP contribution >= 0.6 is 0 Å². The normalized spacial score (nSPS) is 13.0. The Kier molecular flexibility index (Phi) is 5.64. The number of aromatic amines is 1. The minimum atomic E-state index is 1.02. The molecule has 0 atom stereocenters. The lowest BCUT2D eigenvalue weighted by atomic mass is 9.89. The summed E-state index contributed by atoms with van der Waals surface area (Å²) >= 11 is 0. The van der Waals surface area contributed by atoms with E-state index in [1.165, 1.54) is 120 Å². The van der Waals surface area contributed by atoms with Gasteiger partial charge in [0.15, 0.2) is 0 Å². The molecule has 1 aliphatic heterocycles. The predicted molar refractivity (Wildman–Crippen MR) is 223 cm³/mol. The molecule has 52 heavy (non-hydrogen) atoms. The van der Waals surface area contributed by atoms with E-state index < -0.39 is 0 Å². The number of aromatic nitrogens is 1. The minimum Gasteiger partial charge on any atom is -0.355 e. The van der Waals surface area contributed by atoms with Crippen LogP contribution in [-0.4, -0.2) is 4.98 Å². The number of anilines is 2. The molecule has 11 aromatic rings. The molecule has 0 aliphatic carbocycles. The van der Waals surface area contributed by atoms with E-state index in [0.29, 0.717) is 0 Å². The number of fused-ring (bicyclic) bond motifs is 17. The maximum atomic E-state index is 3.83. The highest BCUT2D eigenvalue weighted by Gasteiger charge is 2.18. The van der Waals surface area contributed by atoms with Gasteiger partial charge in [-0.3, -0.25) is 0 Å². The topological polar surface area (TPSA) is 27.8 Å². The first-order valence-corrected chi connectivity index (χ1v) is 18.3. The van der Waals surface area contributed by atoms with Crippen LogP contribution in [0.15, 0.2) is 158 Å². The third-order valence-corrected chi connectivity index (χ3v) is 11.8. The number of aryl methyl sites for hydroxylation is 2. The quantitative estimate of drug-likeness (QED) is 0.169. The second-order valence-corrected chi connectivity index (χ2v) is 14.6. The Morgan fingerprint density at radius 3 is 1.50 bits per heavy atom. The van der Waals surface area contributed by atoms with Crippen LogP contribution in [0.4, 0.5) is 11.4 Å². The van der Waals surface area contributed by atoms with Gasteiger partial charge >= 0.3 is 0 Å². The molecule has 0 saturated heterocycles. The Balaban J connectivity index is 1.13. The number of hydrogen-bond acceptors (Lipinski definition) is 1. The van der Waals surface area contributed by atoms with Crippen LogP contribution in [-0.2, 0) is 12.8 Å². The van der Waals surface area contributed by atoms with Crippen LogP contribution in [0.1, 0.15) is 11.1 Å². The molecule has 2 nitrogen and oxygen atoms in total. The molecule has 0 bridgehead atoms. The highest BCUT2D eigenvalue weighted by Crippen LogP contribution is 2.43. The number of benzene rings is 10. The molecule has 0 unspecified atom stereocenters. The lowest BCUT2D eigenvalue weighted by Gasteiger charge is -2.16. The summed E-state index contributed by atoms with van der Waals surface area (Å²) in [5.74, 6) is 0. The van der Waals surface area contributed by atoms with Gasteiger partial charge in [-0.05, 0) is 148 Å². The molecule has 2 heteroatoms. The summed E-state index contributed by atoms with van der Waals surface area (Å²) in [6.07, 6.45) is 2.06. The molecular formula is C50H32N2. The van der Waals surface area contributed by atoms with Gasteiger partial charge < -0.3 is 10.3 Å². The van der Waals surface area contributed by atoms with Gasteiger partial charge in [-0.25, -0.2) is 0 Å². The van der Waals surface area contributed by atoms with Crippen molar-refractivity contribution in [2.45, 2.75) is 12.8 Å². The summed E-state index contributed by atoms with van der Waals surface area (Å²) < 4.78 is 0. The molecule has 0 radical (unpaired) electrons. The first kappa shape index (κ1) is 28.1. The molecule has 1 aliphatic rings. The Morgan fingerprint density at radius 2 is 0.788 bits per heavy atom. The Labute approximate surface area is 299 Å². The average molecular weight is 661 g/mol. The van der Waals surface area contributed by atoms with Crippen molar-refractivity contribution in [3.8, 4) is 11.1 Å². The Bertz CT molecular complexity index is 3330. The van der Waals surface area contributed by atoms with Crippen molar-refractivity contribution < 1.29 is 0 Å². The van der Waals surface area contributed by atoms with Crippen LogP contribution in [0, 0.1) is 0 Å². The predicted octanol–water partition coefficient (Wildman–Crippen LogP) is 13.7. The number of nitrogens with one attached hydrogen (secondary N) is 2. The van der Waals surface area contributed by atoms with Crippen molar-refractivity contribution in [1.29, 1.82) is 0 Å². The van der Waals surface area contributed by atoms with Crippen LogP contribution in [0.5, 0.6) is 0 Å². The van der Waals surface area contributed by atoms with Crippen molar-refractivity contribution in [2.24, 2.45) is 0 Å². The Hall–Kier alpha value is -6.64. The average Bonchev–Trinajstić information content (AvgIpc) is 3.46. The fourth-order valence-corrected chi connectivity index (χ4v) is 9.30.